The number of anilines is 1. The molecule has 1 aromatic heterocycles. The zero-order valence-corrected chi connectivity index (χ0v) is 12.3. The Balaban J connectivity index is 1.90. The Labute approximate surface area is 114 Å². The summed E-state index contributed by atoms with van der Waals surface area (Å²) in [6.07, 6.45) is 7.31. The maximum absolute atomic E-state index is 4.28. The summed E-state index contributed by atoms with van der Waals surface area (Å²) in [5, 5.41) is 4.36. The summed E-state index contributed by atoms with van der Waals surface area (Å²) >= 11 is 4.36. The first-order valence-electron chi connectivity index (χ1n) is 5.63. The van der Waals surface area contributed by atoms with Gasteiger partial charge >= 0.3 is 0 Å². The predicted molar refractivity (Wildman–Crippen MR) is 77.9 cm³/mol. The highest BCUT2D eigenvalue weighted by Gasteiger charge is 2.24. The number of halogens is 1. The van der Waals surface area contributed by atoms with Gasteiger partial charge in [-0.1, -0.05) is 6.92 Å². The normalized spacial score (nSPS) is 24.6. The molecule has 1 aliphatic rings. The minimum absolute atomic E-state index is 0.590. The van der Waals surface area contributed by atoms with Crippen LogP contribution in [0.25, 0.3) is 0 Å². The Morgan fingerprint density at radius 1 is 1.56 bits per heavy atom. The van der Waals surface area contributed by atoms with Crippen LogP contribution in [0.15, 0.2) is 12.5 Å². The minimum Gasteiger partial charge on any atom is -0.366 e. The molecule has 2 unspecified atom stereocenters. The lowest BCUT2D eigenvalue weighted by molar-refractivity contribution is 0.750. The zero-order valence-electron chi connectivity index (χ0n) is 9.32. The van der Waals surface area contributed by atoms with Crippen LogP contribution < -0.4 is 5.32 Å². The fourth-order valence-electron chi connectivity index (χ4n) is 2.07. The Morgan fingerprint density at radius 2 is 2.44 bits per heavy atom. The molecule has 0 amide bonds. The molecular weight excluding hydrogens is 333 g/mol. The highest BCUT2D eigenvalue weighted by molar-refractivity contribution is 14.1. The zero-order chi connectivity index (χ0) is 11.4. The first-order chi connectivity index (χ1) is 7.79. The fraction of sp³-hybridized carbons (Fsp3) is 0.636. The first kappa shape index (κ1) is 12.4. The van der Waals surface area contributed by atoms with Crippen molar-refractivity contribution in [3.05, 3.63) is 16.1 Å². The van der Waals surface area contributed by atoms with E-state index in [9.17, 15) is 0 Å². The summed E-state index contributed by atoms with van der Waals surface area (Å²) in [6.45, 7) is 2.23. The maximum atomic E-state index is 4.28. The lowest BCUT2D eigenvalue weighted by Gasteiger charge is -2.14. The van der Waals surface area contributed by atoms with Crippen LogP contribution in [0.3, 0.4) is 0 Å². The largest absolute Gasteiger partial charge is 0.366 e. The van der Waals surface area contributed by atoms with Gasteiger partial charge < -0.3 is 5.32 Å². The molecule has 1 aliphatic carbocycles. The molecule has 0 radical (unpaired) electrons. The van der Waals surface area contributed by atoms with Crippen LogP contribution in [-0.4, -0.2) is 27.0 Å². The summed E-state index contributed by atoms with van der Waals surface area (Å²) in [5.74, 6) is 2.21. The standard InChI is InChI=1S/C11H16IN3S/c1-2-16-9-4-3-8(5-9)15-11-10(12)6-13-7-14-11/h6-9H,2-5H2,1H3,(H,13,14,15). The van der Waals surface area contributed by atoms with Crippen molar-refractivity contribution < 1.29 is 0 Å². The molecule has 16 heavy (non-hydrogen) atoms. The third-order valence-corrected chi connectivity index (χ3v) is 4.82. The van der Waals surface area contributed by atoms with Crippen molar-refractivity contribution in [1.82, 2.24) is 9.97 Å². The van der Waals surface area contributed by atoms with E-state index >= 15 is 0 Å². The van der Waals surface area contributed by atoms with Crippen molar-refractivity contribution in [3.8, 4) is 0 Å². The topological polar surface area (TPSA) is 37.8 Å². The molecule has 3 nitrogen and oxygen atoms in total. The Kier molecular flexibility index (Phi) is 4.69. The van der Waals surface area contributed by atoms with Crippen LogP contribution in [0, 0.1) is 3.57 Å². The van der Waals surface area contributed by atoms with Crippen LogP contribution in [0.1, 0.15) is 26.2 Å². The average molecular weight is 349 g/mol. The van der Waals surface area contributed by atoms with Gasteiger partial charge in [0.25, 0.3) is 0 Å². The number of rotatable bonds is 4. The second-order valence-corrected chi connectivity index (χ2v) is 6.69. The number of hydrogen-bond acceptors (Lipinski definition) is 4. The van der Waals surface area contributed by atoms with Crippen molar-refractivity contribution in [2.45, 2.75) is 37.5 Å². The fourth-order valence-corrected chi connectivity index (χ4v) is 3.67. The highest BCUT2D eigenvalue weighted by Crippen LogP contribution is 2.31. The Hall–Kier alpha value is -0.0400. The molecule has 0 bridgehead atoms. The number of hydrogen-bond donors (Lipinski definition) is 1. The van der Waals surface area contributed by atoms with Crippen molar-refractivity contribution in [3.63, 3.8) is 0 Å². The maximum Gasteiger partial charge on any atom is 0.143 e. The van der Waals surface area contributed by atoms with Gasteiger partial charge in [0.15, 0.2) is 0 Å². The number of nitrogens with zero attached hydrogens (tertiary/aromatic N) is 2. The van der Waals surface area contributed by atoms with E-state index in [1.165, 1.54) is 25.0 Å². The quantitative estimate of drug-likeness (QED) is 0.848. The van der Waals surface area contributed by atoms with Crippen molar-refractivity contribution in [1.29, 1.82) is 0 Å². The molecule has 88 valence electrons. The summed E-state index contributed by atoms with van der Waals surface area (Å²) in [7, 11) is 0. The highest BCUT2D eigenvalue weighted by atomic mass is 127. The van der Waals surface area contributed by atoms with Gasteiger partial charge in [-0.2, -0.15) is 11.8 Å². The van der Waals surface area contributed by atoms with E-state index in [-0.39, 0.29) is 0 Å². The van der Waals surface area contributed by atoms with Gasteiger partial charge in [-0.15, -0.1) is 0 Å². The van der Waals surface area contributed by atoms with Gasteiger partial charge in [0.05, 0.1) is 3.57 Å². The van der Waals surface area contributed by atoms with Crippen molar-refractivity contribution in [2.75, 3.05) is 11.1 Å². The molecule has 2 atom stereocenters. The molecule has 1 fully saturated rings. The van der Waals surface area contributed by atoms with Crippen LogP contribution >= 0.6 is 34.4 Å². The lowest BCUT2D eigenvalue weighted by atomic mass is 10.2. The van der Waals surface area contributed by atoms with Gasteiger partial charge in [0.2, 0.25) is 0 Å². The molecule has 0 aliphatic heterocycles. The third kappa shape index (κ3) is 3.23. The number of nitrogens with one attached hydrogen (secondary N) is 1. The summed E-state index contributed by atoms with van der Waals surface area (Å²) in [6, 6.07) is 0.590. The van der Waals surface area contributed by atoms with Crippen molar-refractivity contribution in [2.24, 2.45) is 0 Å². The van der Waals surface area contributed by atoms with E-state index in [1.54, 1.807) is 6.33 Å². The molecule has 1 N–H and O–H groups in total. The van der Waals surface area contributed by atoms with Gasteiger partial charge in [-0.25, -0.2) is 9.97 Å². The average Bonchev–Trinajstić information content (AvgIpc) is 2.70. The van der Waals surface area contributed by atoms with Crippen LogP contribution in [0.2, 0.25) is 0 Å². The second-order valence-electron chi connectivity index (χ2n) is 3.95. The van der Waals surface area contributed by atoms with Gasteiger partial charge in [-0.3, -0.25) is 0 Å². The molecular formula is C11H16IN3S. The van der Waals surface area contributed by atoms with E-state index < -0.39 is 0 Å². The molecule has 0 spiro atoms. The Morgan fingerprint density at radius 3 is 3.19 bits per heavy atom. The van der Waals surface area contributed by atoms with Crippen LogP contribution in [-0.2, 0) is 0 Å². The van der Waals surface area contributed by atoms with E-state index in [2.05, 4.69) is 56.6 Å². The molecule has 2 rings (SSSR count). The van der Waals surface area contributed by atoms with E-state index in [0.717, 1.165) is 14.6 Å². The van der Waals surface area contributed by atoms with Crippen LogP contribution in [0.4, 0.5) is 5.82 Å². The monoisotopic (exact) mass is 349 g/mol. The summed E-state index contributed by atoms with van der Waals surface area (Å²) in [4.78, 5) is 8.28. The van der Waals surface area contributed by atoms with E-state index in [4.69, 9.17) is 0 Å². The van der Waals surface area contributed by atoms with Crippen molar-refractivity contribution >= 4 is 40.2 Å². The molecule has 0 aromatic carbocycles. The summed E-state index contributed by atoms with van der Waals surface area (Å²) < 4.78 is 1.10. The molecule has 1 heterocycles. The van der Waals surface area contributed by atoms with E-state index in [0.29, 0.717) is 6.04 Å². The minimum atomic E-state index is 0.590. The van der Waals surface area contributed by atoms with Gasteiger partial charge in [-0.05, 0) is 47.6 Å². The Bertz CT molecular complexity index is 348. The van der Waals surface area contributed by atoms with E-state index in [1.807, 2.05) is 6.20 Å². The van der Waals surface area contributed by atoms with Crippen LogP contribution in [0.5, 0.6) is 0 Å². The van der Waals surface area contributed by atoms with Gasteiger partial charge in [0.1, 0.15) is 12.1 Å². The second kappa shape index (κ2) is 6.05. The third-order valence-electron chi connectivity index (χ3n) is 2.80. The molecule has 5 heteroatoms. The predicted octanol–water partition coefficient (Wildman–Crippen LogP) is 3.17. The van der Waals surface area contributed by atoms with Gasteiger partial charge in [0, 0.05) is 17.5 Å². The summed E-state index contributed by atoms with van der Waals surface area (Å²) in [5.41, 5.74) is 0. The first-order valence-corrected chi connectivity index (χ1v) is 7.76. The lowest BCUT2D eigenvalue weighted by Crippen LogP contribution is -2.17. The molecule has 1 saturated carbocycles. The molecule has 0 saturated heterocycles. The SMILES string of the molecule is CCSC1CCC(Nc2ncncc2I)C1. The molecule has 1 aromatic rings. The smallest absolute Gasteiger partial charge is 0.143 e. The number of aromatic nitrogens is 2. The number of thioether (sulfide) groups is 1.